The van der Waals surface area contributed by atoms with Crippen LogP contribution < -0.4 is 4.90 Å². The van der Waals surface area contributed by atoms with Crippen LogP contribution in [0.4, 0.5) is 14.5 Å². The Labute approximate surface area is 212 Å². The molecule has 0 radical (unpaired) electrons. The van der Waals surface area contributed by atoms with Crippen LogP contribution in [0.1, 0.15) is 44.6 Å². The summed E-state index contributed by atoms with van der Waals surface area (Å²) in [6, 6.07) is 7.37. The minimum atomic E-state index is -0.626. The number of pyridine rings is 1. The fraction of sp³-hybridized carbons (Fsp3) is 0.296. The lowest BCUT2D eigenvalue weighted by Gasteiger charge is -2.31. The predicted octanol–water partition coefficient (Wildman–Crippen LogP) is 6.97. The topological polar surface area (TPSA) is 51.1 Å². The molecule has 1 aliphatic rings. The molecule has 0 aliphatic carbocycles. The van der Waals surface area contributed by atoms with Crippen LogP contribution in [-0.2, 0) is 16.8 Å². The van der Waals surface area contributed by atoms with E-state index in [-0.39, 0.29) is 12.0 Å². The van der Waals surface area contributed by atoms with Crippen LogP contribution in [0.15, 0.2) is 64.7 Å². The first-order valence-corrected chi connectivity index (χ1v) is 12.0. The van der Waals surface area contributed by atoms with E-state index in [4.69, 9.17) is 9.72 Å². The van der Waals surface area contributed by atoms with Crippen molar-refractivity contribution >= 4 is 21.6 Å². The first kappa shape index (κ1) is 25.0. The molecular formula is C27H27BrF2N4O. The third kappa shape index (κ3) is 5.59. The van der Waals surface area contributed by atoms with Gasteiger partial charge in [-0.2, -0.15) is 0 Å². The van der Waals surface area contributed by atoms with Crippen LogP contribution in [0.3, 0.4) is 0 Å². The molecule has 0 fully saturated rings. The van der Waals surface area contributed by atoms with Gasteiger partial charge < -0.3 is 9.64 Å². The fourth-order valence-electron chi connectivity index (χ4n) is 3.68. The summed E-state index contributed by atoms with van der Waals surface area (Å²) in [6.07, 6.45) is 5.51. The van der Waals surface area contributed by atoms with Gasteiger partial charge >= 0.3 is 0 Å². The van der Waals surface area contributed by atoms with Crippen molar-refractivity contribution < 1.29 is 13.5 Å². The summed E-state index contributed by atoms with van der Waals surface area (Å²) >= 11 is 3.62. The summed E-state index contributed by atoms with van der Waals surface area (Å²) in [5, 5.41) is 0. The quantitative estimate of drug-likeness (QED) is 0.349. The molecule has 0 bridgehead atoms. The molecule has 3 aromatic rings. The van der Waals surface area contributed by atoms with E-state index in [2.05, 4.69) is 51.6 Å². The molecule has 0 atom stereocenters. The molecule has 1 aliphatic heterocycles. The zero-order chi connectivity index (χ0) is 25.3. The lowest BCUT2D eigenvalue weighted by atomic mass is 9.95. The average molecular weight is 541 g/mol. The number of rotatable bonds is 5. The van der Waals surface area contributed by atoms with Gasteiger partial charge in [0.1, 0.15) is 29.8 Å². The lowest BCUT2D eigenvalue weighted by Crippen LogP contribution is -2.27. The molecule has 0 N–H and O–H groups in total. The van der Waals surface area contributed by atoms with Crippen molar-refractivity contribution in [2.45, 2.75) is 46.6 Å². The largest absolute Gasteiger partial charge is 0.488 e. The normalized spacial score (nSPS) is 14.3. The molecule has 0 saturated carbocycles. The van der Waals surface area contributed by atoms with Crippen molar-refractivity contribution in [3.05, 3.63) is 93.3 Å². The van der Waals surface area contributed by atoms with Crippen LogP contribution in [0.2, 0.25) is 0 Å². The Kier molecular flexibility index (Phi) is 7.03. The van der Waals surface area contributed by atoms with Crippen molar-refractivity contribution in [2.24, 2.45) is 0 Å². The van der Waals surface area contributed by atoms with Crippen LogP contribution in [0, 0.1) is 18.6 Å². The van der Waals surface area contributed by atoms with Gasteiger partial charge in [0.05, 0.1) is 22.4 Å². The number of allylic oxidation sites excluding steroid dienone is 2. The van der Waals surface area contributed by atoms with E-state index in [1.54, 1.807) is 6.20 Å². The van der Waals surface area contributed by atoms with Crippen molar-refractivity contribution in [1.29, 1.82) is 0 Å². The molecule has 3 heterocycles. The molecule has 0 spiro atoms. The summed E-state index contributed by atoms with van der Waals surface area (Å²) in [7, 11) is 0. The van der Waals surface area contributed by atoms with Crippen LogP contribution in [0.5, 0.6) is 0 Å². The molecular weight excluding hydrogens is 514 g/mol. The first-order valence-electron chi connectivity index (χ1n) is 11.2. The molecule has 5 nitrogen and oxygen atoms in total. The van der Waals surface area contributed by atoms with E-state index in [1.165, 1.54) is 12.1 Å². The second-order valence-electron chi connectivity index (χ2n) is 9.54. The minimum absolute atomic E-state index is 0.00256. The summed E-state index contributed by atoms with van der Waals surface area (Å²) in [5.74, 6) is 0.136. The summed E-state index contributed by atoms with van der Waals surface area (Å²) < 4.78 is 33.8. The Hall–Kier alpha value is -3.13. The molecule has 0 saturated heterocycles. The van der Waals surface area contributed by atoms with E-state index in [1.807, 2.05) is 38.3 Å². The maximum absolute atomic E-state index is 14.0. The lowest BCUT2D eigenvalue weighted by molar-refractivity contribution is 0.204. The van der Waals surface area contributed by atoms with Gasteiger partial charge in [0.15, 0.2) is 0 Å². The molecule has 35 heavy (non-hydrogen) atoms. The van der Waals surface area contributed by atoms with Gasteiger partial charge in [-0.25, -0.2) is 18.7 Å². The summed E-state index contributed by atoms with van der Waals surface area (Å²) in [6.45, 7) is 10.8. The number of hydrogen-bond acceptors (Lipinski definition) is 5. The molecule has 182 valence electrons. The van der Waals surface area contributed by atoms with Crippen molar-refractivity contribution in [3.63, 3.8) is 0 Å². The number of nitrogens with zero attached hydrogens (tertiary/aromatic N) is 4. The highest BCUT2D eigenvalue weighted by Crippen LogP contribution is 2.34. The molecule has 2 aromatic heterocycles. The maximum Gasteiger partial charge on any atom is 0.134 e. The second kappa shape index (κ2) is 9.85. The molecule has 4 rings (SSSR count). The zero-order valence-corrected chi connectivity index (χ0v) is 22.0. The number of aryl methyl sites for hydroxylation is 1. The van der Waals surface area contributed by atoms with Gasteiger partial charge in [-0.3, -0.25) is 4.98 Å². The molecule has 0 unspecified atom stereocenters. The third-order valence-corrected chi connectivity index (χ3v) is 6.32. The maximum atomic E-state index is 14.0. The Morgan fingerprint density at radius 1 is 1.06 bits per heavy atom. The van der Waals surface area contributed by atoms with E-state index >= 15 is 0 Å². The van der Waals surface area contributed by atoms with E-state index in [0.717, 1.165) is 44.7 Å². The summed E-state index contributed by atoms with van der Waals surface area (Å²) in [5.41, 5.74) is 4.64. The van der Waals surface area contributed by atoms with Gasteiger partial charge in [-0.1, -0.05) is 20.8 Å². The Morgan fingerprint density at radius 3 is 2.54 bits per heavy atom. The van der Waals surface area contributed by atoms with Crippen molar-refractivity contribution in [3.8, 4) is 11.4 Å². The SMILES string of the molecule is CC1=CC(OCc2ccc(F)cc2F)=C(Br)CN1c1cc(-c2ccnc(C(C)(C)C)n2)ncc1C. The number of halogens is 3. The van der Waals surface area contributed by atoms with Gasteiger partial charge in [0.25, 0.3) is 0 Å². The monoisotopic (exact) mass is 540 g/mol. The Bertz CT molecular complexity index is 1330. The van der Waals surface area contributed by atoms with E-state index in [9.17, 15) is 8.78 Å². The van der Waals surface area contributed by atoms with Crippen LogP contribution in [-0.4, -0.2) is 21.5 Å². The standard InChI is InChI=1S/C27H27BrF2N4O/c1-16-13-32-23(22-8-9-31-26(33-22)27(3,4)5)12-24(16)34-14-20(28)25(10-17(34)2)35-15-18-6-7-19(29)11-21(18)30/h6-13H,14-15H2,1-5H3. The third-order valence-electron chi connectivity index (χ3n) is 5.68. The van der Waals surface area contributed by atoms with Gasteiger partial charge in [0.2, 0.25) is 0 Å². The van der Waals surface area contributed by atoms with Crippen molar-refractivity contribution in [2.75, 3.05) is 11.4 Å². The highest BCUT2D eigenvalue weighted by molar-refractivity contribution is 9.11. The smallest absolute Gasteiger partial charge is 0.134 e. The van der Waals surface area contributed by atoms with Gasteiger partial charge in [-0.05, 0) is 59.6 Å². The molecule has 0 amide bonds. The second-order valence-corrected chi connectivity index (χ2v) is 10.5. The van der Waals surface area contributed by atoms with E-state index in [0.29, 0.717) is 17.9 Å². The molecule has 1 aromatic carbocycles. The Morgan fingerprint density at radius 2 is 1.83 bits per heavy atom. The predicted molar refractivity (Wildman–Crippen MR) is 137 cm³/mol. The van der Waals surface area contributed by atoms with E-state index < -0.39 is 11.6 Å². The first-order chi connectivity index (χ1) is 16.5. The fourth-order valence-corrected chi connectivity index (χ4v) is 4.16. The highest BCUT2D eigenvalue weighted by atomic mass is 79.9. The summed E-state index contributed by atoms with van der Waals surface area (Å²) in [4.78, 5) is 15.9. The highest BCUT2D eigenvalue weighted by Gasteiger charge is 2.22. The van der Waals surface area contributed by atoms with Gasteiger partial charge in [-0.15, -0.1) is 0 Å². The number of benzene rings is 1. The average Bonchev–Trinajstić information content (AvgIpc) is 2.80. The van der Waals surface area contributed by atoms with Gasteiger partial charge in [0, 0.05) is 46.9 Å². The Balaban J connectivity index is 1.58. The number of anilines is 1. The zero-order valence-electron chi connectivity index (χ0n) is 20.4. The number of hydrogen-bond donors (Lipinski definition) is 0. The number of ether oxygens (including phenoxy) is 1. The number of aromatic nitrogens is 3. The van der Waals surface area contributed by atoms with Crippen LogP contribution in [0.25, 0.3) is 11.4 Å². The minimum Gasteiger partial charge on any atom is -0.488 e. The van der Waals surface area contributed by atoms with Crippen LogP contribution >= 0.6 is 15.9 Å². The molecule has 8 heteroatoms. The van der Waals surface area contributed by atoms with Crippen molar-refractivity contribution in [1.82, 2.24) is 15.0 Å².